The van der Waals surface area contributed by atoms with Crippen molar-refractivity contribution in [1.29, 1.82) is 0 Å². The first-order chi connectivity index (χ1) is 11.2. The van der Waals surface area contributed by atoms with E-state index in [1.165, 1.54) is 0 Å². The highest BCUT2D eigenvalue weighted by molar-refractivity contribution is 9.09. The minimum absolute atomic E-state index is 0.0365. The maximum absolute atomic E-state index is 13.5. The number of ether oxygens (including phenoxy) is 2. The minimum Gasteiger partial charge on any atom is -0.456 e. The number of alkyl halides is 4. The summed E-state index contributed by atoms with van der Waals surface area (Å²) in [5.74, 6) is -2.09. The van der Waals surface area contributed by atoms with Crippen molar-refractivity contribution in [2.45, 2.75) is 63.4 Å². The Balaban J connectivity index is 1.88. The molecule has 1 unspecified atom stereocenters. The number of fused-ring (bicyclic) bond motifs is 2. The fourth-order valence-electron chi connectivity index (χ4n) is 4.89. The molecule has 0 N–H and O–H groups in total. The lowest BCUT2D eigenvalue weighted by molar-refractivity contribution is -0.557. The molecule has 136 valence electrons. The van der Waals surface area contributed by atoms with Crippen molar-refractivity contribution < 1.29 is 32.4 Å². The highest BCUT2D eigenvalue weighted by atomic mass is 79.9. The van der Waals surface area contributed by atoms with E-state index in [0.717, 1.165) is 12.8 Å². The molecule has 0 amide bonds. The Morgan fingerprint density at radius 2 is 1.96 bits per heavy atom. The normalized spacial score (nSPS) is 47.9. The van der Waals surface area contributed by atoms with Crippen molar-refractivity contribution in [3.8, 4) is 0 Å². The van der Waals surface area contributed by atoms with Gasteiger partial charge in [-0.05, 0) is 37.7 Å². The van der Waals surface area contributed by atoms with Gasteiger partial charge in [-0.2, -0.15) is 13.2 Å². The van der Waals surface area contributed by atoms with Gasteiger partial charge < -0.3 is 9.47 Å². The van der Waals surface area contributed by atoms with Crippen LogP contribution in [0.3, 0.4) is 0 Å². The van der Waals surface area contributed by atoms with Crippen LogP contribution in [-0.4, -0.2) is 29.2 Å². The third-order valence-corrected chi connectivity index (χ3v) is 6.66. The SMILES string of the molecule is C[C@@H]1CC[C@H]2C(CBr)=C(C(F)(F)F)O[C@@H]3O[C@]4(C)CC[C@@H]1C32OO4. The molecule has 0 aromatic rings. The van der Waals surface area contributed by atoms with Gasteiger partial charge in [0.25, 0.3) is 0 Å². The van der Waals surface area contributed by atoms with Crippen LogP contribution in [0.15, 0.2) is 11.3 Å². The molecule has 5 aliphatic rings. The van der Waals surface area contributed by atoms with Gasteiger partial charge in [0.05, 0.1) is 0 Å². The van der Waals surface area contributed by atoms with Gasteiger partial charge in [-0.15, -0.1) is 0 Å². The molecule has 1 spiro atoms. The maximum Gasteiger partial charge on any atom is 0.449 e. The summed E-state index contributed by atoms with van der Waals surface area (Å²) in [7, 11) is 0. The van der Waals surface area contributed by atoms with E-state index in [-0.39, 0.29) is 16.8 Å². The Hall–Kier alpha value is -0.310. The summed E-state index contributed by atoms with van der Waals surface area (Å²) >= 11 is 3.22. The van der Waals surface area contributed by atoms with Crippen molar-refractivity contribution in [3.63, 3.8) is 0 Å². The van der Waals surface area contributed by atoms with Gasteiger partial charge in [0.15, 0.2) is 5.60 Å². The lowest BCUT2D eigenvalue weighted by atomic mass is 9.59. The second-order valence-corrected chi connectivity index (χ2v) is 8.02. The van der Waals surface area contributed by atoms with E-state index in [1.807, 2.05) is 0 Å². The van der Waals surface area contributed by atoms with Crippen LogP contribution in [0.5, 0.6) is 0 Å². The number of hydrogen-bond acceptors (Lipinski definition) is 4. The third-order valence-electron chi connectivity index (χ3n) is 6.06. The van der Waals surface area contributed by atoms with Crippen LogP contribution in [0.2, 0.25) is 0 Å². The minimum atomic E-state index is -4.56. The van der Waals surface area contributed by atoms with E-state index in [2.05, 4.69) is 22.9 Å². The highest BCUT2D eigenvalue weighted by Gasteiger charge is 2.69. The molecular formula is C16H20BrF3O4. The molecule has 1 saturated carbocycles. The van der Waals surface area contributed by atoms with E-state index in [1.54, 1.807) is 6.92 Å². The smallest absolute Gasteiger partial charge is 0.449 e. The summed E-state index contributed by atoms with van der Waals surface area (Å²) in [6, 6.07) is 0. The second kappa shape index (κ2) is 5.34. The Kier molecular flexibility index (Phi) is 3.81. The van der Waals surface area contributed by atoms with Gasteiger partial charge in [-0.3, -0.25) is 0 Å². The van der Waals surface area contributed by atoms with E-state index in [0.29, 0.717) is 18.8 Å². The maximum atomic E-state index is 13.5. The highest BCUT2D eigenvalue weighted by Crippen LogP contribution is 2.61. The molecule has 4 aliphatic heterocycles. The molecule has 1 aliphatic carbocycles. The van der Waals surface area contributed by atoms with Crippen molar-refractivity contribution in [1.82, 2.24) is 0 Å². The predicted molar refractivity (Wildman–Crippen MR) is 80.8 cm³/mol. The summed E-state index contributed by atoms with van der Waals surface area (Å²) in [6.45, 7) is 3.81. The van der Waals surface area contributed by atoms with Crippen LogP contribution in [0.4, 0.5) is 13.2 Å². The fourth-order valence-corrected chi connectivity index (χ4v) is 5.54. The third kappa shape index (κ3) is 2.22. The Morgan fingerprint density at radius 1 is 1.21 bits per heavy atom. The average Bonchev–Trinajstić information content (AvgIpc) is 2.74. The van der Waals surface area contributed by atoms with Gasteiger partial charge in [-0.25, -0.2) is 9.78 Å². The fraction of sp³-hybridized carbons (Fsp3) is 0.875. The van der Waals surface area contributed by atoms with Crippen molar-refractivity contribution >= 4 is 15.9 Å². The van der Waals surface area contributed by atoms with Gasteiger partial charge in [0.1, 0.15) is 0 Å². The topological polar surface area (TPSA) is 36.9 Å². The van der Waals surface area contributed by atoms with Crippen molar-refractivity contribution in [3.05, 3.63) is 11.3 Å². The van der Waals surface area contributed by atoms with Crippen LogP contribution in [0.1, 0.15) is 39.5 Å². The zero-order valence-corrected chi connectivity index (χ0v) is 15.1. The molecule has 4 fully saturated rings. The lowest BCUT2D eigenvalue weighted by Gasteiger charge is -2.57. The molecule has 0 radical (unpaired) electrons. The molecule has 0 aromatic heterocycles. The molecule has 4 heterocycles. The summed E-state index contributed by atoms with van der Waals surface area (Å²) in [5.41, 5.74) is -0.806. The molecular weight excluding hydrogens is 393 g/mol. The number of halogens is 4. The van der Waals surface area contributed by atoms with Gasteiger partial charge in [0.2, 0.25) is 17.8 Å². The molecule has 3 saturated heterocycles. The summed E-state index contributed by atoms with van der Waals surface area (Å²) in [5, 5.41) is 0.0860. The van der Waals surface area contributed by atoms with Gasteiger partial charge in [-0.1, -0.05) is 22.9 Å². The molecule has 6 atom stereocenters. The van der Waals surface area contributed by atoms with Gasteiger partial charge >= 0.3 is 6.18 Å². The summed E-state index contributed by atoms with van der Waals surface area (Å²) < 4.78 is 51.9. The van der Waals surface area contributed by atoms with Crippen LogP contribution < -0.4 is 0 Å². The molecule has 0 aromatic carbocycles. The Labute approximate surface area is 146 Å². The van der Waals surface area contributed by atoms with E-state index in [4.69, 9.17) is 19.2 Å². The van der Waals surface area contributed by atoms with Crippen LogP contribution in [0.25, 0.3) is 0 Å². The van der Waals surface area contributed by atoms with E-state index < -0.39 is 35.5 Å². The second-order valence-electron chi connectivity index (χ2n) is 7.46. The summed E-state index contributed by atoms with van der Waals surface area (Å²) in [6.07, 6.45) is -2.85. The number of hydrogen-bond donors (Lipinski definition) is 0. The van der Waals surface area contributed by atoms with E-state index >= 15 is 0 Å². The van der Waals surface area contributed by atoms with Gasteiger partial charge in [0, 0.05) is 23.6 Å². The lowest BCUT2D eigenvalue weighted by Crippen LogP contribution is -2.67. The molecule has 5 rings (SSSR count). The van der Waals surface area contributed by atoms with Crippen molar-refractivity contribution in [2.75, 3.05) is 5.33 Å². The first-order valence-corrected chi connectivity index (χ1v) is 9.41. The summed E-state index contributed by atoms with van der Waals surface area (Å²) in [4.78, 5) is 11.4. The predicted octanol–water partition coefficient (Wildman–Crippen LogP) is 4.44. The number of rotatable bonds is 1. The molecule has 8 heteroatoms. The average molecular weight is 413 g/mol. The van der Waals surface area contributed by atoms with Crippen molar-refractivity contribution in [2.24, 2.45) is 17.8 Å². The zero-order valence-electron chi connectivity index (χ0n) is 13.5. The zero-order chi connectivity index (χ0) is 17.3. The molecule has 2 bridgehead atoms. The standard InChI is InChI=1S/C16H20BrF3O4/c1-8-3-4-11-9(7-17)12(16(18,19)20)21-13-15(11)10(8)5-6-14(2,22-13)23-24-15/h8,10-11,13H,3-7H2,1-2H3/t8-,10+,11+,13-,14+,15?/m1/s1. The first-order valence-electron chi connectivity index (χ1n) is 8.29. The quantitative estimate of drug-likeness (QED) is 0.471. The monoisotopic (exact) mass is 412 g/mol. The number of allylic oxidation sites excluding steroid dienone is 1. The Morgan fingerprint density at radius 3 is 2.62 bits per heavy atom. The van der Waals surface area contributed by atoms with Crippen LogP contribution in [-0.2, 0) is 19.2 Å². The van der Waals surface area contributed by atoms with E-state index in [9.17, 15) is 13.2 Å². The molecule has 4 nitrogen and oxygen atoms in total. The largest absolute Gasteiger partial charge is 0.456 e. The Bertz CT molecular complexity index is 580. The molecule has 24 heavy (non-hydrogen) atoms. The van der Waals surface area contributed by atoms with Crippen LogP contribution in [0, 0.1) is 17.8 Å². The van der Waals surface area contributed by atoms with Crippen LogP contribution >= 0.6 is 15.9 Å². The first kappa shape index (κ1) is 17.1.